The summed E-state index contributed by atoms with van der Waals surface area (Å²) in [6.07, 6.45) is 0. The first-order valence-corrected chi connectivity index (χ1v) is 9.36. The number of hydrogen-bond acceptors (Lipinski definition) is 4. The molecule has 2 N–H and O–H groups in total. The minimum absolute atomic E-state index is 0.115. The molecule has 27 heavy (non-hydrogen) atoms. The SMILES string of the molecule is Cc1c(C)c2ccc(NC(=O)c3csc(-c4ccccc4)n3)cc2[nH]c1=O. The summed E-state index contributed by atoms with van der Waals surface area (Å²) in [4.78, 5) is 31.8. The van der Waals surface area contributed by atoms with Gasteiger partial charge >= 0.3 is 0 Å². The quantitative estimate of drug-likeness (QED) is 0.553. The number of H-pyrrole nitrogens is 1. The predicted octanol–water partition coefficient (Wildman–Crippen LogP) is 4.52. The number of pyridine rings is 1. The minimum Gasteiger partial charge on any atom is -0.322 e. The van der Waals surface area contributed by atoms with Crippen molar-refractivity contribution in [1.82, 2.24) is 9.97 Å². The van der Waals surface area contributed by atoms with Gasteiger partial charge < -0.3 is 10.3 Å². The second-order valence-electron chi connectivity index (χ2n) is 6.32. The second-order valence-corrected chi connectivity index (χ2v) is 7.18. The Morgan fingerprint density at radius 2 is 1.85 bits per heavy atom. The highest BCUT2D eigenvalue weighted by molar-refractivity contribution is 7.13. The van der Waals surface area contributed by atoms with Gasteiger partial charge in [-0.1, -0.05) is 36.4 Å². The van der Waals surface area contributed by atoms with Gasteiger partial charge in [0.1, 0.15) is 10.7 Å². The van der Waals surface area contributed by atoms with Crippen molar-refractivity contribution in [2.75, 3.05) is 5.32 Å². The van der Waals surface area contributed by atoms with Crippen LogP contribution in [0.5, 0.6) is 0 Å². The highest BCUT2D eigenvalue weighted by Crippen LogP contribution is 2.25. The van der Waals surface area contributed by atoms with E-state index in [9.17, 15) is 9.59 Å². The van der Waals surface area contributed by atoms with E-state index in [0.717, 1.165) is 21.5 Å². The molecule has 2 aromatic heterocycles. The summed E-state index contributed by atoms with van der Waals surface area (Å²) < 4.78 is 0. The zero-order chi connectivity index (χ0) is 19.0. The van der Waals surface area contributed by atoms with Gasteiger partial charge in [0.15, 0.2) is 0 Å². The van der Waals surface area contributed by atoms with Crippen LogP contribution in [-0.4, -0.2) is 15.9 Å². The van der Waals surface area contributed by atoms with Gasteiger partial charge in [-0.05, 0) is 31.5 Å². The molecule has 0 radical (unpaired) electrons. The van der Waals surface area contributed by atoms with Crippen molar-refractivity contribution in [3.63, 3.8) is 0 Å². The van der Waals surface area contributed by atoms with Crippen LogP contribution in [0.3, 0.4) is 0 Å². The first-order chi connectivity index (χ1) is 13.0. The second kappa shape index (κ2) is 6.81. The molecule has 0 bridgehead atoms. The van der Waals surface area contributed by atoms with Crippen LogP contribution in [0.1, 0.15) is 21.6 Å². The van der Waals surface area contributed by atoms with Gasteiger partial charge in [-0.25, -0.2) is 4.98 Å². The van der Waals surface area contributed by atoms with Gasteiger partial charge in [-0.2, -0.15) is 0 Å². The van der Waals surface area contributed by atoms with Gasteiger partial charge in [0.05, 0.1) is 5.52 Å². The van der Waals surface area contributed by atoms with Gasteiger partial charge in [0.2, 0.25) is 0 Å². The zero-order valence-corrected chi connectivity index (χ0v) is 15.7. The Labute approximate surface area is 159 Å². The summed E-state index contributed by atoms with van der Waals surface area (Å²) in [6, 6.07) is 15.2. The van der Waals surface area contributed by atoms with Crippen molar-refractivity contribution < 1.29 is 4.79 Å². The number of nitrogens with one attached hydrogen (secondary N) is 2. The molecular weight excluding hydrogens is 358 g/mol. The maximum absolute atomic E-state index is 12.5. The zero-order valence-electron chi connectivity index (χ0n) is 14.9. The number of amides is 1. The van der Waals surface area contributed by atoms with Crippen LogP contribution in [0.4, 0.5) is 5.69 Å². The molecule has 0 atom stereocenters. The van der Waals surface area contributed by atoms with Crippen molar-refractivity contribution in [3.05, 3.63) is 81.1 Å². The number of aromatic amines is 1. The fourth-order valence-electron chi connectivity index (χ4n) is 2.93. The maximum Gasteiger partial charge on any atom is 0.275 e. The van der Waals surface area contributed by atoms with Crippen LogP contribution >= 0.6 is 11.3 Å². The average molecular weight is 375 g/mol. The normalized spacial score (nSPS) is 10.9. The monoisotopic (exact) mass is 375 g/mol. The Balaban J connectivity index is 1.61. The van der Waals surface area contributed by atoms with Crippen LogP contribution < -0.4 is 10.9 Å². The highest BCUT2D eigenvalue weighted by atomic mass is 32.1. The van der Waals surface area contributed by atoms with E-state index in [1.807, 2.05) is 49.4 Å². The van der Waals surface area contributed by atoms with Crippen LogP contribution in [-0.2, 0) is 0 Å². The maximum atomic E-state index is 12.5. The smallest absolute Gasteiger partial charge is 0.275 e. The molecule has 6 heteroatoms. The van der Waals surface area contributed by atoms with Crippen molar-refractivity contribution in [2.24, 2.45) is 0 Å². The molecule has 2 aromatic carbocycles. The lowest BCUT2D eigenvalue weighted by molar-refractivity contribution is 0.102. The molecule has 5 nitrogen and oxygen atoms in total. The lowest BCUT2D eigenvalue weighted by Gasteiger charge is -2.08. The van der Waals surface area contributed by atoms with E-state index in [0.29, 0.717) is 22.5 Å². The van der Waals surface area contributed by atoms with Crippen LogP contribution in [0, 0.1) is 13.8 Å². The molecule has 0 unspecified atom stereocenters. The first-order valence-electron chi connectivity index (χ1n) is 8.48. The molecule has 0 aliphatic rings. The summed E-state index contributed by atoms with van der Waals surface area (Å²) in [5, 5.41) is 6.36. The van der Waals surface area contributed by atoms with E-state index in [4.69, 9.17) is 0 Å². The van der Waals surface area contributed by atoms with E-state index in [2.05, 4.69) is 15.3 Å². The van der Waals surface area contributed by atoms with Crippen molar-refractivity contribution in [1.29, 1.82) is 0 Å². The third-order valence-electron chi connectivity index (χ3n) is 4.59. The number of rotatable bonds is 3. The van der Waals surface area contributed by atoms with E-state index in [1.54, 1.807) is 18.4 Å². The average Bonchev–Trinajstić information content (AvgIpc) is 3.17. The number of fused-ring (bicyclic) bond motifs is 1. The third kappa shape index (κ3) is 3.27. The van der Waals surface area contributed by atoms with Crippen molar-refractivity contribution in [2.45, 2.75) is 13.8 Å². The molecule has 1 amide bonds. The minimum atomic E-state index is -0.279. The van der Waals surface area contributed by atoms with Crippen LogP contribution in [0.25, 0.3) is 21.5 Å². The summed E-state index contributed by atoms with van der Waals surface area (Å²) in [7, 11) is 0. The molecule has 0 spiro atoms. The number of nitrogens with zero attached hydrogens (tertiary/aromatic N) is 1. The van der Waals surface area contributed by atoms with E-state index in [1.165, 1.54) is 11.3 Å². The number of benzene rings is 2. The molecule has 0 aliphatic heterocycles. The number of aryl methyl sites for hydroxylation is 1. The Morgan fingerprint density at radius 3 is 2.63 bits per heavy atom. The molecule has 4 aromatic rings. The summed E-state index contributed by atoms with van der Waals surface area (Å²) in [5.74, 6) is -0.279. The fourth-order valence-corrected chi connectivity index (χ4v) is 3.73. The van der Waals surface area contributed by atoms with Gasteiger partial charge in [-0.3, -0.25) is 9.59 Å². The van der Waals surface area contributed by atoms with E-state index in [-0.39, 0.29) is 11.5 Å². The van der Waals surface area contributed by atoms with Gasteiger partial charge in [-0.15, -0.1) is 11.3 Å². The molecule has 0 aliphatic carbocycles. The molecule has 2 heterocycles. The highest BCUT2D eigenvalue weighted by Gasteiger charge is 2.13. The predicted molar refractivity (Wildman–Crippen MR) is 110 cm³/mol. The van der Waals surface area contributed by atoms with Crippen LogP contribution in [0.15, 0.2) is 58.7 Å². The molecule has 0 fully saturated rings. The Hall–Kier alpha value is -3.25. The summed E-state index contributed by atoms with van der Waals surface area (Å²) >= 11 is 1.43. The number of thiazole rings is 1. The summed E-state index contributed by atoms with van der Waals surface area (Å²) in [6.45, 7) is 3.72. The Bertz CT molecular complexity index is 1210. The van der Waals surface area contributed by atoms with Gasteiger partial charge in [0, 0.05) is 27.6 Å². The summed E-state index contributed by atoms with van der Waals surface area (Å²) in [5.41, 5.74) is 4.19. The van der Waals surface area contributed by atoms with E-state index >= 15 is 0 Å². The molecule has 0 saturated carbocycles. The van der Waals surface area contributed by atoms with Crippen molar-refractivity contribution in [3.8, 4) is 10.6 Å². The number of carbonyl (C=O) groups is 1. The van der Waals surface area contributed by atoms with Crippen molar-refractivity contribution >= 4 is 33.8 Å². The largest absolute Gasteiger partial charge is 0.322 e. The lowest BCUT2D eigenvalue weighted by Crippen LogP contribution is -2.14. The third-order valence-corrected chi connectivity index (χ3v) is 5.48. The number of anilines is 1. The fraction of sp³-hybridized carbons (Fsp3) is 0.0952. The number of aromatic nitrogens is 2. The molecule has 4 rings (SSSR count). The Morgan fingerprint density at radius 1 is 1.07 bits per heavy atom. The molecule has 134 valence electrons. The van der Waals surface area contributed by atoms with Gasteiger partial charge in [0.25, 0.3) is 11.5 Å². The Kier molecular flexibility index (Phi) is 4.33. The van der Waals surface area contributed by atoms with Crippen LogP contribution in [0.2, 0.25) is 0 Å². The molecular formula is C21H17N3O2S. The molecule has 0 saturated heterocycles. The number of hydrogen-bond donors (Lipinski definition) is 2. The van der Waals surface area contributed by atoms with E-state index < -0.39 is 0 Å². The number of carbonyl (C=O) groups excluding carboxylic acids is 1. The standard InChI is InChI=1S/C21H17N3O2S/c1-12-13(2)19(25)23-17-10-15(8-9-16(12)17)22-20(26)18-11-27-21(24-18)14-6-4-3-5-7-14/h3-11H,1-2H3,(H,22,26)(H,23,25). The lowest BCUT2D eigenvalue weighted by atomic mass is 10.1. The topological polar surface area (TPSA) is 74.8 Å². The first kappa shape index (κ1) is 17.2.